The van der Waals surface area contributed by atoms with Crippen LogP contribution in [-0.2, 0) is 10.2 Å². The summed E-state index contributed by atoms with van der Waals surface area (Å²) >= 11 is 0. The van der Waals surface area contributed by atoms with Gasteiger partial charge in [0.1, 0.15) is 0 Å². The van der Waals surface area contributed by atoms with Gasteiger partial charge < -0.3 is 15.2 Å². The maximum atomic E-state index is 10.8. The molecule has 2 aliphatic heterocycles. The lowest BCUT2D eigenvalue weighted by atomic mass is 9.80. The summed E-state index contributed by atoms with van der Waals surface area (Å²) in [6.07, 6.45) is 0. The molecule has 1 aromatic rings. The average molecular weight is 205 g/mol. The molecule has 1 fully saturated rings. The number of carbonyl (C=O) groups is 1. The van der Waals surface area contributed by atoms with Gasteiger partial charge in [-0.25, -0.2) is 4.79 Å². The first-order chi connectivity index (χ1) is 7.21. The van der Waals surface area contributed by atoms with Gasteiger partial charge in [-0.15, -0.1) is 0 Å². The van der Waals surface area contributed by atoms with E-state index < -0.39 is 5.97 Å². The fourth-order valence-electron chi connectivity index (χ4n) is 2.25. The third-order valence-electron chi connectivity index (χ3n) is 3.21. The second-order valence-corrected chi connectivity index (χ2v) is 4.19. The molecule has 0 aromatic heterocycles. The first kappa shape index (κ1) is 8.73. The van der Waals surface area contributed by atoms with Crippen LogP contribution in [0.3, 0.4) is 0 Å². The molecule has 0 atom stereocenters. The van der Waals surface area contributed by atoms with E-state index >= 15 is 0 Å². The minimum Gasteiger partial charge on any atom is -0.478 e. The number of rotatable bonds is 1. The number of benzene rings is 1. The molecule has 15 heavy (non-hydrogen) atoms. The number of aromatic carboxylic acids is 1. The fraction of sp³-hybridized carbons (Fsp3) is 0.364. The van der Waals surface area contributed by atoms with Crippen LogP contribution in [0, 0.1) is 0 Å². The summed E-state index contributed by atoms with van der Waals surface area (Å²) in [5, 5.41) is 12.1. The van der Waals surface area contributed by atoms with Crippen LogP contribution < -0.4 is 5.32 Å². The number of nitrogens with one attached hydrogen (secondary N) is 1. The molecule has 0 bridgehead atoms. The van der Waals surface area contributed by atoms with Crippen LogP contribution >= 0.6 is 0 Å². The van der Waals surface area contributed by atoms with Crippen LogP contribution in [0.5, 0.6) is 0 Å². The van der Waals surface area contributed by atoms with E-state index in [-0.39, 0.29) is 5.41 Å². The largest absolute Gasteiger partial charge is 0.478 e. The summed E-state index contributed by atoms with van der Waals surface area (Å²) in [6.45, 7) is 2.32. The van der Waals surface area contributed by atoms with Crippen LogP contribution in [0.2, 0.25) is 0 Å². The van der Waals surface area contributed by atoms with E-state index in [1.807, 2.05) is 6.07 Å². The number of carboxylic acid groups (broad SMARTS) is 1. The van der Waals surface area contributed by atoms with E-state index in [0.717, 1.165) is 25.4 Å². The van der Waals surface area contributed by atoms with Crippen molar-refractivity contribution in [2.75, 3.05) is 25.1 Å². The molecule has 78 valence electrons. The molecular formula is C11H11NO3. The van der Waals surface area contributed by atoms with Crippen molar-refractivity contribution in [3.05, 3.63) is 29.3 Å². The molecule has 2 heterocycles. The maximum absolute atomic E-state index is 10.8. The lowest BCUT2D eigenvalue weighted by Crippen LogP contribution is -2.48. The molecule has 0 radical (unpaired) electrons. The zero-order valence-corrected chi connectivity index (χ0v) is 8.12. The highest BCUT2D eigenvalue weighted by Gasteiger charge is 2.45. The van der Waals surface area contributed by atoms with E-state index in [0.29, 0.717) is 5.56 Å². The van der Waals surface area contributed by atoms with Gasteiger partial charge in [-0.1, -0.05) is 6.07 Å². The van der Waals surface area contributed by atoms with E-state index in [1.54, 1.807) is 12.1 Å². The number of fused-ring (bicyclic) bond motifs is 2. The molecule has 4 nitrogen and oxygen atoms in total. The topological polar surface area (TPSA) is 58.6 Å². The molecule has 0 amide bonds. The van der Waals surface area contributed by atoms with Gasteiger partial charge in [-0.05, 0) is 17.7 Å². The smallest absolute Gasteiger partial charge is 0.335 e. The lowest BCUT2D eigenvalue weighted by molar-refractivity contribution is -0.0493. The second-order valence-electron chi connectivity index (χ2n) is 4.19. The van der Waals surface area contributed by atoms with Gasteiger partial charge in [0.25, 0.3) is 0 Å². The molecular weight excluding hydrogens is 194 g/mol. The third-order valence-corrected chi connectivity index (χ3v) is 3.21. The highest BCUT2D eigenvalue weighted by Crippen LogP contribution is 2.42. The molecule has 4 heteroatoms. The Hall–Kier alpha value is -1.55. The quantitative estimate of drug-likeness (QED) is 0.720. The van der Waals surface area contributed by atoms with E-state index in [2.05, 4.69) is 5.32 Å². The van der Waals surface area contributed by atoms with Gasteiger partial charge >= 0.3 is 5.97 Å². The average Bonchev–Trinajstić information content (AvgIpc) is 2.54. The minimum atomic E-state index is -0.884. The number of hydrogen-bond acceptors (Lipinski definition) is 3. The molecule has 3 rings (SSSR count). The Kier molecular flexibility index (Phi) is 1.59. The Labute approximate surface area is 86.9 Å². The molecule has 1 aromatic carbocycles. The summed E-state index contributed by atoms with van der Waals surface area (Å²) in [5.41, 5.74) is 2.57. The van der Waals surface area contributed by atoms with Crippen LogP contribution in [0.15, 0.2) is 18.2 Å². The molecule has 2 N–H and O–H groups in total. The molecule has 1 saturated heterocycles. The zero-order chi connectivity index (χ0) is 10.5. The Morgan fingerprint density at radius 1 is 1.47 bits per heavy atom. The summed E-state index contributed by atoms with van der Waals surface area (Å²) in [7, 11) is 0. The van der Waals surface area contributed by atoms with Crippen molar-refractivity contribution in [3.63, 3.8) is 0 Å². The first-order valence-electron chi connectivity index (χ1n) is 4.91. The molecule has 2 aliphatic rings. The Balaban J connectivity index is 2.05. The number of hydrogen-bond donors (Lipinski definition) is 2. The van der Waals surface area contributed by atoms with E-state index in [1.165, 1.54) is 5.56 Å². The fourth-order valence-corrected chi connectivity index (χ4v) is 2.25. The highest BCUT2D eigenvalue weighted by atomic mass is 16.5. The van der Waals surface area contributed by atoms with Crippen molar-refractivity contribution in [1.82, 2.24) is 0 Å². The monoisotopic (exact) mass is 205 g/mol. The van der Waals surface area contributed by atoms with Gasteiger partial charge in [-0.3, -0.25) is 0 Å². The summed E-state index contributed by atoms with van der Waals surface area (Å²) in [4.78, 5) is 10.8. The van der Waals surface area contributed by atoms with Crippen LogP contribution in [0.1, 0.15) is 15.9 Å². The van der Waals surface area contributed by atoms with Gasteiger partial charge in [0.15, 0.2) is 0 Å². The van der Waals surface area contributed by atoms with Crippen LogP contribution in [-0.4, -0.2) is 30.8 Å². The van der Waals surface area contributed by atoms with Gasteiger partial charge in [0.2, 0.25) is 0 Å². The van der Waals surface area contributed by atoms with E-state index in [4.69, 9.17) is 9.84 Å². The standard InChI is InChI=1S/C11H11NO3/c13-10(14)7-1-2-8-9(3-7)12-4-11(8)5-15-6-11/h1-3,12H,4-6H2,(H,13,14). The van der Waals surface area contributed by atoms with Crippen molar-refractivity contribution < 1.29 is 14.6 Å². The minimum absolute atomic E-state index is 0.104. The van der Waals surface area contributed by atoms with Crippen molar-refractivity contribution in [3.8, 4) is 0 Å². The summed E-state index contributed by atoms with van der Waals surface area (Å²) in [6, 6.07) is 5.26. The summed E-state index contributed by atoms with van der Waals surface area (Å²) in [5.74, 6) is -0.884. The molecule has 0 unspecified atom stereocenters. The van der Waals surface area contributed by atoms with Gasteiger partial charge in [0.05, 0.1) is 24.2 Å². The van der Waals surface area contributed by atoms with E-state index in [9.17, 15) is 4.79 Å². The van der Waals surface area contributed by atoms with Gasteiger partial charge in [0, 0.05) is 12.2 Å². The predicted octanol–water partition coefficient (Wildman–Crippen LogP) is 1.08. The summed E-state index contributed by atoms with van der Waals surface area (Å²) < 4.78 is 5.24. The molecule has 0 aliphatic carbocycles. The van der Waals surface area contributed by atoms with Crippen molar-refractivity contribution in [2.45, 2.75) is 5.41 Å². The number of carboxylic acids is 1. The predicted molar refractivity (Wildman–Crippen MR) is 54.4 cm³/mol. The van der Waals surface area contributed by atoms with Gasteiger partial charge in [-0.2, -0.15) is 0 Å². The number of anilines is 1. The normalized spacial score (nSPS) is 20.5. The van der Waals surface area contributed by atoms with Crippen LogP contribution in [0.4, 0.5) is 5.69 Å². The number of ether oxygens (including phenoxy) is 1. The van der Waals surface area contributed by atoms with Crippen molar-refractivity contribution in [1.29, 1.82) is 0 Å². The Morgan fingerprint density at radius 3 is 2.87 bits per heavy atom. The second kappa shape index (κ2) is 2.73. The maximum Gasteiger partial charge on any atom is 0.335 e. The highest BCUT2D eigenvalue weighted by molar-refractivity contribution is 5.89. The third kappa shape index (κ3) is 1.08. The Bertz CT molecular complexity index is 437. The first-order valence-corrected chi connectivity index (χ1v) is 4.91. The SMILES string of the molecule is O=C(O)c1ccc2c(c1)NCC21COC1. The van der Waals surface area contributed by atoms with Crippen molar-refractivity contribution in [2.24, 2.45) is 0 Å². The van der Waals surface area contributed by atoms with Crippen molar-refractivity contribution >= 4 is 11.7 Å². The van der Waals surface area contributed by atoms with Crippen LogP contribution in [0.25, 0.3) is 0 Å². The lowest BCUT2D eigenvalue weighted by Gasteiger charge is -2.37. The molecule has 0 saturated carbocycles. The zero-order valence-electron chi connectivity index (χ0n) is 8.12. The Morgan fingerprint density at radius 2 is 2.27 bits per heavy atom. The molecule has 1 spiro atoms.